The molecule has 18 heavy (non-hydrogen) atoms. The van der Waals surface area contributed by atoms with E-state index in [-0.39, 0.29) is 11.8 Å². The molecule has 0 unspecified atom stereocenters. The lowest BCUT2D eigenvalue weighted by Gasteiger charge is -2.19. The summed E-state index contributed by atoms with van der Waals surface area (Å²) in [6, 6.07) is -0.311. The summed E-state index contributed by atoms with van der Waals surface area (Å²) in [5, 5.41) is 3.99. The van der Waals surface area contributed by atoms with Crippen LogP contribution >= 0.6 is 0 Å². The second kappa shape index (κ2) is 6.29. The van der Waals surface area contributed by atoms with E-state index in [9.17, 15) is 8.42 Å². The first-order valence-corrected chi connectivity index (χ1v) is 7.84. The maximum atomic E-state index is 11.9. The van der Waals surface area contributed by atoms with Gasteiger partial charge in [0.05, 0.1) is 11.8 Å². The van der Waals surface area contributed by atoms with Crippen LogP contribution in [0.1, 0.15) is 45.5 Å². The number of hydrogen-bond acceptors (Lipinski definition) is 4. The predicted octanol–water partition coefficient (Wildman–Crippen LogP) is 1.23. The summed E-state index contributed by atoms with van der Waals surface area (Å²) in [6.07, 6.45) is 2.74. The maximum absolute atomic E-state index is 11.9. The van der Waals surface area contributed by atoms with Crippen LogP contribution in [0.15, 0.2) is 6.33 Å². The Labute approximate surface area is 109 Å². The highest BCUT2D eigenvalue weighted by atomic mass is 32.2. The zero-order valence-electron chi connectivity index (χ0n) is 11.4. The van der Waals surface area contributed by atoms with E-state index in [2.05, 4.69) is 28.7 Å². The number of hydrogen-bond donors (Lipinski definition) is 1. The maximum Gasteiger partial charge on any atom is 0.212 e. The van der Waals surface area contributed by atoms with Crippen molar-refractivity contribution in [2.75, 3.05) is 5.75 Å². The van der Waals surface area contributed by atoms with E-state index in [1.165, 1.54) is 6.33 Å². The first-order valence-electron chi connectivity index (χ1n) is 6.19. The Balaban J connectivity index is 2.90. The van der Waals surface area contributed by atoms with Gasteiger partial charge in [-0.3, -0.25) is 4.68 Å². The number of aromatic nitrogens is 3. The molecule has 1 N–H and O–H groups in total. The van der Waals surface area contributed by atoms with Crippen LogP contribution in [0.25, 0.3) is 0 Å². The Kier molecular flexibility index (Phi) is 5.28. The van der Waals surface area contributed by atoms with Crippen LogP contribution in [-0.4, -0.2) is 28.9 Å². The van der Waals surface area contributed by atoms with Crippen molar-refractivity contribution >= 4 is 10.0 Å². The van der Waals surface area contributed by atoms with Crippen molar-refractivity contribution in [3.8, 4) is 0 Å². The minimum absolute atomic E-state index is 0.138. The van der Waals surface area contributed by atoms with Gasteiger partial charge < -0.3 is 0 Å². The molecule has 0 aliphatic heterocycles. The lowest BCUT2D eigenvalue weighted by Crippen LogP contribution is -2.33. The van der Waals surface area contributed by atoms with Crippen LogP contribution in [0.3, 0.4) is 0 Å². The highest BCUT2D eigenvalue weighted by Crippen LogP contribution is 2.19. The molecular formula is C11H22N4O2S. The first-order chi connectivity index (χ1) is 8.35. The largest absolute Gasteiger partial charge is 0.252 e. The topological polar surface area (TPSA) is 76.9 Å². The number of nitrogens with one attached hydrogen (secondary N) is 1. The molecule has 104 valence electrons. The van der Waals surface area contributed by atoms with Crippen LogP contribution in [0, 0.1) is 5.92 Å². The van der Waals surface area contributed by atoms with E-state index in [1.54, 1.807) is 11.7 Å². The van der Waals surface area contributed by atoms with E-state index >= 15 is 0 Å². The van der Waals surface area contributed by atoms with Gasteiger partial charge in [-0.1, -0.05) is 20.8 Å². The fourth-order valence-electron chi connectivity index (χ4n) is 1.84. The second-order valence-corrected chi connectivity index (χ2v) is 6.73. The second-order valence-electron chi connectivity index (χ2n) is 4.86. The summed E-state index contributed by atoms with van der Waals surface area (Å²) < 4.78 is 28.1. The van der Waals surface area contributed by atoms with Crippen molar-refractivity contribution in [3.05, 3.63) is 12.2 Å². The number of rotatable bonds is 7. The van der Waals surface area contributed by atoms with E-state index in [0.29, 0.717) is 24.6 Å². The lowest BCUT2D eigenvalue weighted by atomic mass is 10.0. The molecule has 0 saturated carbocycles. The predicted molar refractivity (Wildman–Crippen MR) is 70.4 cm³/mol. The molecule has 0 fully saturated rings. The molecule has 1 heterocycles. The van der Waals surface area contributed by atoms with Crippen molar-refractivity contribution in [2.45, 2.75) is 39.7 Å². The molecular weight excluding hydrogens is 252 g/mol. The molecule has 0 radical (unpaired) electrons. The molecule has 0 amide bonds. The Morgan fingerprint density at radius 1 is 1.44 bits per heavy atom. The lowest BCUT2D eigenvalue weighted by molar-refractivity contribution is 0.443. The van der Waals surface area contributed by atoms with E-state index in [4.69, 9.17) is 0 Å². The van der Waals surface area contributed by atoms with Crippen molar-refractivity contribution < 1.29 is 8.42 Å². The third-order valence-electron chi connectivity index (χ3n) is 2.56. The fourth-order valence-corrected chi connectivity index (χ4v) is 3.13. The minimum Gasteiger partial charge on any atom is -0.252 e. The number of sulfonamides is 1. The highest BCUT2D eigenvalue weighted by Gasteiger charge is 2.23. The molecule has 7 heteroatoms. The van der Waals surface area contributed by atoms with Gasteiger partial charge in [-0.25, -0.2) is 18.1 Å². The average Bonchev–Trinajstić information content (AvgIpc) is 2.62. The van der Waals surface area contributed by atoms with Crippen LogP contribution in [0.4, 0.5) is 0 Å². The van der Waals surface area contributed by atoms with Gasteiger partial charge >= 0.3 is 0 Å². The summed E-state index contributed by atoms with van der Waals surface area (Å²) in [6.45, 7) is 5.95. The van der Waals surface area contributed by atoms with Gasteiger partial charge in [-0.2, -0.15) is 5.10 Å². The third-order valence-corrected chi connectivity index (χ3v) is 4.15. The summed E-state index contributed by atoms with van der Waals surface area (Å²) in [5.74, 6) is 1.17. The number of nitrogens with zero attached hydrogens (tertiary/aromatic N) is 3. The van der Waals surface area contributed by atoms with Gasteiger partial charge in [0.1, 0.15) is 12.2 Å². The molecule has 1 aromatic heterocycles. The van der Waals surface area contributed by atoms with Crippen molar-refractivity contribution in [2.24, 2.45) is 13.0 Å². The van der Waals surface area contributed by atoms with E-state index < -0.39 is 10.0 Å². The zero-order valence-corrected chi connectivity index (χ0v) is 12.2. The molecule has 1 rings (SSSR count). The molecule has 0 saturated heterocycles. The minimum atomic E-state index is -3.25. The Bertz CT molecular complexity index is 467. The van der Waals surface area contributed by atoms with Crippen LogP contribution < -0.4 is 4.72 Å². The summed E-state index contributed by atoms with van der Waals surface area (Å²) >= 11 is 0. The number of aryl methyl sites for hydroxylation is 1. The molecule has 6 nitrogen and oxygen atoms in total. The Hall–Kier alpha value is -0.950. The summed E-state index contributed by atoms with van der Waals surface area (Å²) in [4.78, 5) is 4.14. The van der Waals surface area contributed by atoms with Crippen molar-refractivity contribution in [1.29, 1.82) is 0 Å². The van der Waals surface area contributed by atoms with Gasteiger partial charge in [0, 0.05) is 7.05 Å². The zero-order chi connectivity index (χ0) is 13.8. The monoisotopic (exact) mass is 274 g/mol. The summed E-state index contributed by atoms with van der Waals surface area (Å²) in [5.41, 5.74) is 0. The van der Waals surface area contributed by atoms with Gasteiger partial charge in [-0.15, -0.1) is 0 Å². The third kappa shape index (κ3) is 4.38. The smallest absolute Gasteiger partial charge is 0.212 e. The van der Waals surface area contributed by atoms with Gasteiger partial charge in [-0.05, 0) is 18.8 Å². The average molecular weight is 274 g/mol. The van der Waals surface area contributed by atoms with Crippen LogP contribution in [0.5, 0.6) is 0 Å². The normalized spacial score (nSPS) is 14.1. The van der Waals surface area contributed by atoms with Gasteiger partial charge in [0.2, 0.25) is 10.0 Å². The highest BCUT2D eigenvalue weighted by molar-refractivity contribution is 7.89. The van der Waals surface area contributed by atoms with Crippen LogP contribution in [0.2, 0.25) is 0 Å². The molecule has 0 spiro atoms. The SMILES string of the molecule is CCCS(=O)(=O)N[C@H](CC(C)C)c1ncnn1C. The molecule has 1 atom stereocenters. The van der Waals surface area contributed by atoms with Gasteiger partial charge in [0.15, 0.2) is 0 Å². The molecule has 0 aromatic carbocycles. The molecule has 0 aliphatic carbocycles. The first kappa shape index (κ1) is 15.1. The Morgan fingerprint density at radius 2 is 2.11 bits per heavy atom. The molecule has 0 aliphatic rings. The van der Waals surface area contributed by atoms with E-state index in [1.807, 2.05) is 6.92 Å². The standard InChI is InChI=1S/C11H22N4O2S/c1-5-6-18(16,17)14-10(7-9(2)3)11-12-8-13-15(11)4/h8-10,14H,5-7H2,1-4H3/t10-/m1/s1. The van der Waals surface area contributed by atoms with Crippen LogP contribution in [-0.2, 0) is 17.1 Å². The molecule has 1 aromatic rings. The van der Waals surface area contributed by atoms with E-state index in [0.717, 1.165) is 0 Å². The van der Waals surface area contributed by atoms with Crippen molar-refractivity contribution in [1.82, 2.24) is 19.5 Å². The van der Waals surface area contributed by atoms with Crippen molar-refractivity contribution in [3.63, 3.8) is 0 Å². The summed E-state index contributed by atoms with van der Waals surface area (Å²) in [7, 11) is -1.48. The quantitative estimate of drug-likeness (QED) is 0.811. The Morgan fingerprint density at radius 3 is 2.56 bits per heavy atom. The van der Waals surface area contributed by atoms with Gasteiger partial charge in [0.25, 0.3) is 0 Å². The molecule has 0 bridgehead atoms. The fraction of sp³-hybridized carbons (Fsp3) is 0.818.